The van der Waals surface area contributed by atoms with Crippen molar-refractivity contribution >= 4 is 28.9 Å². The van der Waals surface area contributed by atoms with E-state index in [2.05, 4.69) is 24.4 Å². The Hall–Kier alpha value is -1.18. The SMILES string of the molecule is Cc1cccc(NCc2cc(Cl)cc(Cl)c2)c1. The first-order valence-electron chi connectivity index (χ1n) is 5.39. The third-order valence-electron chi connectivity index (χ3n) is 2.44. The highest BCUT2D eigenvalue weighted by molar-refractivity contribution is 6.34. The van der Waals surface area contributed by atoms with Gasteiger partial charge in [0, 0.05) is 22.3 Å². The summed E-state index contributed by atoms with van der Waals surface area (Å²) in [5.41, 5.74) is 3.41. The number of hydrogen-bond donors (Lipinski definition) is 1. The second-order valence-corrected chi connectivity index (χ2v) is 4.87. The molecular formula is C14H13Cl2N. The van der Waals surface area contributed by atoms with Crippen molar-refractivity contribution in [1.29, 1.82) is 0 Å². The first-order chi connectivity index (χ1) is 8.13. The largest absolute Gasteiger partial charge is 0.381 e. The van der Waals surface area contributed by atoms with Gasteiger partial charge in [-0.1, -0.05) is 35.3 Å². The van der Waals surface area contributed by atoms with Crippen molar-refractivity contribution in [2.45, 2.75) is 13.5 Å². The first kappa shape index (κ1) is 12.3. The molecule has 2 aromatic carbocycles. The fraction of sp³-hybridized carbons (Fsp3) is 0.143. The van der Waals surface area contributed by atoms with E-state index in [1.165, 1.54) is 5.56 Å². The van der Waals surface area contributed by atoms with Crippen LogP contribution >= 0.6 is 23.2 Å². The van der Waals surface area contributed by atoms with Crippen molar-refractivity contribution in [1.82, 2.24) is 0 Å². The van der Waals surface area contributed by atoms with Gasteiger partial charge in [-0.2, -0.15) is 0 Å². The maximum absolute atomic E-state index is 5.94. The summed E-state index contributed by atoms with van der Waals surface area (Å²) in [6, 6.07) is 13.8. The van der Waals surface area contributed by atoms with Crippen LogP contribution in [-0.4, -0.2) is 0 Å². The normalized spacial score (nSPS) is 10.3. The van der Waals surface area contributed by atoms with E-state index in [4.69, 9.17) is 23.2 Å². The molecule has 0 unspecified atom stereocenters. The molecule has 88 valence electrons. The van der Waals surface area contributed by atoms with Gasteiger partial charge < -0.3 is 5.32 Å². The summed E-state index contributed by atoms with van der Waals surface area (Å²) in [5, 5.41) is 4.67. The fourth-order valence-corrected chi connectivity index (χ4v) is 2.24. The van der Waals surface area contributed by atoms with Gasteiger partial charge in [0.15, 0.2) is 0 Å². The van der Waals surface area contributed by atoms with Gasteiger partial charge in [0.05, 0.1) is 0 Å². The van der Waals surface area contributed by atoms with Crippen LogP contribution in [0.15, 0.2) is 42.5 Å². The molecule has 0 heterocycles. The Morgan fingerprint density at radius 3 is 2.35 bits per heavy atom. The van der Waals surface area contributed by atoms with Crippen LogP contribution in [0.3, 0.4) is 0 Å². The van der Waals surface area contributed by atoms with Crippen molar-refractivity contribution in [3.05, 3.63) is 63.6 Å². The van der Waals surface area contributed by atoms with E-state index in [9.17, 15) is 0 Å². The summed E-state index contributed by atoms with van der Waals surface area (Å²) in [7, 11) is 0. The molecule has 3 heteroatoms. The van der Waals surface area contributed by atoms with Crippen LogP contribution in [0.4, 0.5) is 5.69 Å². The lowest BCUT2D eigenvalue weighted by Gasteiger charge is -2.08. The maximum Gasteiger partial charge on any atom is 0.0424 e. The molecule has 0 bridgehead atoms. The Bertz CT molecular complexity index is 503. The van der Waals surface area contributed by atoms with Gasteiger partial charge in [-0.05, 0) is 48.4 Å². The van der Waals surface area contributed by atoms with Gasteiger partial charge in [0.2, 0.25) is 0 Å². The third kappa shape index (κ3) is 3.65. The van der Waals surface area contributed by atoms with Crippen LogP contribution in [0.1, 0.15) is 11.1 Å². The summed E-state index contributed by atoms with van der Waals surface area (Å²) in [4.78, 5) is 0. The smallest absolute Gasteiger partial charge is 0.0424 e. The lowest BCUT2D eigenvalue weighted by Crippen LogP contribution is -1.99. The Balaban J connectivity index is 2.07. The summed E-state index contributed by atoms with van der Waals surface area (Å²) >= 11 is 11.9. The lowest BCUT2D eigenvalue weighted by molar-refractivity contribution is 1.15. The molecule has 0 saturated carbocycles. The Morgan fingerprint density at radius 2 is 1.71 bits per heavy atom. The van der Waals surface area contributed by atoms with Crippen LogP contribution in [0.2, 0.25) is 10.0 Å². The Morgan fingerprint density at radius 1 is 1.00 bits per heavy atom. The number of halogens is 2. The van der Waals surface area contributed by atoms with Gasteiger partial charge in [0.25, 0.3) is 0 Å². The van der Waals surface area contributed by atoms with Gasteiger partial charge in [-0.25, -0.2) is 0 Å². The third-order valence-corrected chi connectivity index (χ3v) is 2.87. The molecule has 0 spiro atoms. The summed E-state index contributed by atoms with van der Waals surface area (Å²) in [6.07, 6.45) is 0. The van der Waals surface area contributed by atoms with Crippen molar-refractivity contribution in [2.75, 3.05) is 5.32 Å². The summed E-state index contributed by atoms with van der Waals surface area (Å²) in [5.74, 6) is 0. The molecule has 0 aliphatic rings. The summed E-state index contributed by atoms with van der Waals surface area (Å²) < 4.78 is 0. The van der Waals surface area contributed by atoms with E-state index in [-0.39, 0.29) is 0 Å². The fourth-order valence-electron chi connectivity index (χ4n) is 1.67. The monoisotopic (exact) mass is 265 g/mol. The molecule has 0 radical (unpaired) electrons. The molecule has 0 aromatic heterocycles. The quantitative estimate of drug-likeness (QED) is 0.831. The highest BCUT2D eigenvalue weighted by Gasteiger charge is 1.98. The Labute approximate surface area is 111 Å². The van der Waals surface area contributed by atoms with E-state index in [0.717, 1.165) is 11.3 Å². The van der Waals surface area contributed by atoms with E-state index in [1.54, 1.807) is 6.07 Å². The Kier molecular flexibility index (Phi) is 3.93. The standard InChI is InChI=1S/C14H13Cl2N/c1-10-3-2-4-14(5-10)17-9-11-6-12(15)8-13(16)7-11/h2-8,17H,9H2,1H3. The minimum atomic E-state index is 0.665. The summed E-state index contributed by atoms with van der Waals surface area (Å²) in [6.45, 7) is 2.78. The van der Waals surface area contributed by atoms with Gasteiger partial charge in [-0.3, -0.25) is 0 Å². The van der Waals surface area contributed by atoms with Crippen LogP contribution in [0.25, 0.3) is 0 Å². The van der Waals surface area contributed by atoms with Crippen LogP contribution < -0.4 is 5.32 Å². The lowest BCUT2D eigenvalue weighted by atomic mass is 10.2. The molecule has 1 N–H and O–H groups in total. The zero-order valence-corrected chi connectivity index (χ0v) is 11.0. The van der Waals surface area contributed by atoms with E-state index < -0.39 is 0 Å². The van der Waals surface area contributed by atoms with Crippen molar-refractivity contribution < 1.29 is 0 Å². The van der Waals surface area contributed by atoms with Crippen molar-refractivity contribution in [3.8, 4) is 0 Å². The molecule has 0 aliphatic carbocycles. The average molecular weight is 266 g/mol. The molecule has 17 heavy (non-hydrogen) atoms. The van der Waals surface area contributed by atoms with E-state index >= 15 is 0 Å². The van der Waals surface area contributed by atoms with Crippen molar-refractivity contribution in [2.24, 2.45) is 0 Å². The number of anilines is 1. The first-order valence-corrected chi connectivity index (χ1v) is 6.14. The van der Waals surface area contributed by atoms with Crippen LogP contribution in [-0.2, 0) is 6.54 Å². The molecule has 0 amide bonds. The van der Waals surface area contributed by atoms with Crippen LogP contribution in [0.5, 0.6) is 0 Å². The van der Waals surface area contributed by atoms with Crippen LogP contribution in [0, 0.1) is 6.92 Å². The molecule has 0 saturated heterocycles. The van der Waals surface area contributed by atoms with Gasteiger partial charge in [0.1, 0.15) is 0 Å². The predicted octanol–water partition coefficient (Wildman–Crippen LogP) is 4.91. The van der Waals surface area contributed by atoms with E-state index in [0.29, 0.717) is 16.6 Å². The highest BCUT2D eigenvalue weighted by atomic mass is 35.5. The zero-order valence-electron chi connectivity index (χ0n) is 9.50. The molecule has 1 nitrogen and oxygen atoms in total. The second kappa shape index (κ2) is 5.44. The number of nitrogens with one attached hydrogen (secondary N) is 1. The molecule has 2 aromatic rings. The zero-order chi connectivity index (χ0) is 12.3. The minimum Gasteiger partial charge on any atom is -0.381 e. The highest BCUT2D eigenvalue weighted by Crippen LogP contribution is 2.20. The number of rotatable bonds is 3. The van der Waals surface area contributed by atoms with E-state index in [1.807, 2.05) is 24.3 Å². The maximum atomic E-state index is 5.94. The second-order valence-electron chi connectivity index (χ2n) is 4.00. The molecular weight excluding hydrogens is 253 g/mol. The average Bonchev–Trinajstić information content (AvgIpc) is 2.25. The van der Waals surface area contributed by atoms with Gasteiger partial charge in [-0.15, -0.1) is 0 Å². The topological polar surface area (TPSA) is 12.0 Å². The number of aryl methyl sites for hydroxylation is 1. The van der Waals surface area contributed by atoms with Crippen molar-refractivity contribution in [3.63, 3.8) is 0 Å². The number of hydrogen-bond acceptors (Lipinski definition) is 1. The predicted molar refractivity (Wildman–Crippen MR) is 75.0 cm³/mol. The molecule has 2 rings (SSSR count). The molecule has 0 fully saturated rings. The molecule has 0 atom stereocenters. The minimum absolute atomic E-state index is 0.665. The van der Waals surface area contributed by atoms with Gasteiger partial charge >= 0.3 is 0 Å². The number of benzene rings is 2. The molecule has 0 aliphatic heterocycles.